The Morgan fingerprint density at radius 3 is 2.33 bits per heavy atom. The molecule has 8 heteroatoms. The molecule has 174 valence electrons. The number of para-hydroxylation sites is 1. The van der Waals surface area contributed by atoms with E-state index in [1.807, 2.05) is 39.0 Å². The van der Waals surface area contributed by atoms with Crippen molar-refractivity contribution in [1.29, 1.82) is 0 Å². The van der Waals surface area contributed by atoms with Crippen LogP contribution >= 0.6 is 11.6 Å². The minimum Gasteiger partial charge on any atom is -0.324 e. The summed E-state index contributed by atoms with van der Waals surface area (Å²) in [6.07, 6.45) is 0.702. The van der Waals surface area contributed by atoms with Crippen LogP contribution in [0.15, 0.2) is 65.6 Å². The Kier molecular flexibility index (Phi) is 7.89. The first-order valence-corrected chi connectivity index (χ1v) is 12.3. The zero-order valence-electron chi connectivity index (χ0n) is 18.7. The molecule has 0 bridgehead atoms. The number of carbonyl (C=O) groups excluding carboxylic acids is 1. The third-order valence-electron chi connectivity index (χ3n) is 5.38. The zero-order valence-corrected chi connectivity index (χ0v) is 20.3. The van der Waals surface area contributed by atoms with Gasteiger partial charge in [0.05, 0.1) is 11.4 Å². The fourth-order valence-electron chi connectivity index (χ4n) is 3.49. The maximum absolute atomic E-state index is 14.5. The van der Waals surface area contributed by atoms with Crippen LogP contribution in [0.2, 0.25) is 5.02 Å². The van der Waals surface area contributed by atoms with Crippen LogP contribution in [0.3, 0.4) is 0 Å². The monoisotopic (exact) mass is 488 g/mol. The van der Waals surface area contributed by atoms with Gasteiger partial charge in [-0.25, -0.2) is 12.8 Å². The standard InChI is InChI=1S/C25H26ClFN2O3S/c1-4-19-8-5-7-18(3)25(19)28-24(30)16-29(15-21-22(26)9-6-10-23(21)27)33(31,32)20-13-11-17(2)12-14-20/h5-14H,4,15-16H2,1-3H3,(H,28,30). The van der Waals surface area contributed by atoms with Gasteiger partial charge in [0.15, 0.2) is 0 Å². The quantitative estimate of drug-likeness (QED) is 0.456. The Morgan fingerprint density at radius 1 is 1.03 bits per heavy atom. The number of nitrogens with one attached hydrogen (secondary N) is 1. The van der Waals surface area contributed by atoms with Crippen LogP contribution in [-0.4, -0.2) is 25.2 Å². The van der Waals surface area contributed by atoms with Gasteiger partial charge in [0, 0.05) is 22.8 Å². The van der Waals surface area contributed by atoms with E-state index >= 15 is 0 Å². The highest BCUT2D eigenvalue weighted by molar-refractivity contribution is 7.89. The molecule has 0 spiro atoms. The number of nitrogens with zero attached hydrogens (tertiary/aromatic N) is 1. The minimum absolute atomic E-state index is 0.00722. The lowest BCUT2D eigenvalue weighted by Gasteiger charge is -2.23. The first kappa shape index (κ1) is 24.9. The number of carbonyl (C=O) groups is 1. The number of amides is 1. The van der Waals surface area contributed by atoms with E-state index in [9.17, 15) is 17.6 Å². The highest BCUT2D eigenvalue weighted by Gasteiger charge is 2.29. The highest BCUT2D eigenvalue weighted by atomic mass is 35.5. The molecule has 3 aromatic carbocycles. The van der Waals surface area contributed by atoms with E-state index in [1.54, 1.807) is 12.1 Å². The van der Waals surface area contributed by atoms with Crippen molar-refractivity contribution in [2.45, 2.75) is 38.6 Å². The van der Waals surface area contributed by atoms with E-state index in [0.29, 0.717) is 12.1 Å². The summed E-state index contributed by atoms with van der Waals surface area (Å²) in [6, 6.07) is 16.1. The molecule has 1 amide bonds. The van der Waals surface area contributed by atoms with Gasteiger partial charge < -0.3 is 5.32 Å². The van der Waals surface area contributed by atoms with Crippen molar-refractivity contribution in [3.63, 3.8) is 0 Å². The second-order valence-corrected chi connectivity index (χ2v) is 10.1. The summed E-state index contributed by atoms with van der Waals surface area (Å²) in [6.45, 7) is 4.80. The van der Waals surface area contributed by atoms with Gasteiger partial charge in [-0.05, 0) is 55.7 Å². The van der Waals surface area contributed by atoms with E-state index in [-0.39, 0.29) is 22.0 Å². The molecule has 5 nitrogen and oxygen atoms in total. The average Bonchev–Trinajstić information content (AvgIpc) is 2.77. The van der Waals surface area contributed by atoms with Gasteiger partial charge in [-0.3, -0.25) is 4.79 Å². The van der Waals surface area contributed by atoms with Gasteiger partial charge in [0.1, 0.15) is 5.82 Å². The molecule has 0 saturated heterocycles. The largest absolute Gasteiger partial charge is 0.324 e. The molecule has 0 aliphatic rings. The third-order valence-corrected chi connectivity index (χ3v) is 7.54. The van der Waals surface area contributed by atoms with Gasteiger partial charge in [-0.1, -0.05) is 60.5 Å². The Labute approximate surface area is 199 Å². The Hall–Kier alpha value is -2.74. The number of sulfonamides is 1. The number of rotatable bonds is 8. The van der Waals surface area contributed by atoms with Gasteiger partial charge in [0.25, 0.3) is 0 Å². The highest BCUT2D eigenvalue weighted by Crippen LogP contribution is 2.26. The summed E-state index contributed by atoms with van der Waals surface area (Å²) in [5.74, 6) is -1.17. The molecule has 1 N–H and O–H groups in total. The second-order valence-electron chi connectivity index (χ2n) is 7.80. The Bertz CT molecular complexity index is 1240. The lowest BCUT2D eigenvalue weighted by atomic mass is 10.1. The van der Waals surface area contributed by atoms with Crippen LogP contribution in [0.1, 0.15) is 29.2 Å². The maximum atomic E-state index is 14.5. The Morgan fingerprint density at radius 2 is 1.70 bits per heavy atom. The normalized spacial score (nSPS) is 11.6. The minimum atomic E-state index is -4.12. The zero-order chi connectivity index (χ0) is 24.2. The lowest BCUT2D eigenvalue weighted by molar-refractivity contribution is -0.116. The molecular formula is C25H26ClFN2O3S. The van der Waals surface area contributed by atoms with E-state index < -0.39 is 28.3 Å². The second kappa shape index (κ2) is 10.5. The number of benzene rings is 3. The summed E-state index contributed by atoms with van der Waals surface area (Å²) in [4.78, 5) is 13.0. The lowest BCUT2D eigenvalue weighted by Crippen LogP contribution is -2.38. The number of anilines is 1. The first-order valence-electron chi connectivity index (χ1n) is 10.5. The van der Waals surface area contributed by atoms with Gasteiger partial charge >= 0.3 is 0 Å². The molecular weight excluding hydrogens is 463 g/mol. The van der Waals surface area contributed by atoms with Crippen LogP contribution < -0.4 is 5.32 Å². The summed E-state index contributed by atoms with van der Waals surface area (Å²) < 4.78 is 42.3. The summed E-state index contributed by atoms with van der Waals surface area (Å²) >= 11 is 6.16. The van der Waals surface area contributed by atoms with E-state index in [2.05, 4.69) is 5.32 Å². The maximum Gasteiger partial charge on any atom is 0.243 e. The number of hydrogen-bond donors (Lipinski definition) is 1. The SMILES string of the molecule is CCc1cccc(C)c1NC(=O)CN(Cc1c(F)cccc1Cl)S(=O)(=O)c1ccc(C)cc1. The van der Waals surface area contributed by atoms with Gasteiger partial charge in [0.2, 0.25) is 15.9 Å². The van der Waals surface area contributed by atoms with E-state index in [0.717, 1.165) is 21.0 Å². The molecule has 0 heterocycles. The third kappa shape index (κ3) is 5.79. The molecule has 0 atom stereocenters. The predicted octanol–water partition coefficient (Wildman–Crippen LogP) is 5.49. The fourth-order valence-corrected chi connectivity index (χ4v) is 5.07. The van der Waals surface area contributed by atoms with Crippen LogP contribution in [0.5, 0.6) is 0 Å². The number of halogens is 2. The predicted molar refractivity (Wildman–Crippen MR) is 129 cm³/mol. The van der Waals surface area contributed by atoms with Crippen molar-refractivity contribution in [3.8, 4) is 0 Å². The molecule has 0 saturated carbocycles. The molecule has 0 radical (unpaired) electrons. The fraction of sp³-hybridized carbons (Fsp3) is 0.240. The van der Waals surface area contributed by atoms with Crippen molar-refractivity contribution in [2.75, 3.05) is 11.9 Å². The van der Waals surface area contributed by atoms with Crippen molar-refractivity contribution in [3.05, 3.63) is 93.8 Å². The van der Waals surface area contributed by atoms with Crippen LogP contribution in [0, 0.1) is 19.7 Å². The summed E-state index contributed by atoms with van der Waals surface area (Å²) in [5, 5.41) is 2.93. The van der Waals surface area contributed by atoms with Crippen molar-refractivity contribution >= 4 is 33.2 Å². The summed E-state index contributed by atoms with van der Waals surface area (Å²) in [5.41, 5.74) is 3.36. The van der Waals surface area contributed by atoms with Gasteiger partial charge in [-0.2, -0.15) is 4.31 Å². The molecule has 0 unspecified atom stereocenters. The molecule has 3 rings (SSSR count). The van der Waals surface area contributed by atoms with Crippen LogP contribution in [-0.2, 0) is 27.8 Å². The smallest absolute Gasteiger partial charge is 0.243 e. The van der Waals surface area contributed by atoms with Crippen molar-refractivity contribution < 1.29 is 17.6 Å². The molecule has 0 aromatic heterocycles. The molecule has 33 heavy (non-hydrogen) atoms. The molecule has 0 aliphatic carbocycles. The summed E-state index contributed by atoms with van der Waals surface area (Å²) in [7, 11) is -4.12. The Balaban J connectivity index is 1.97. The van der Waals surface area contributed by atoms with E-state index in [4.69, 9.17) is 11.6 Å². The topological polar surface area (TPSA) is 66.5 Å². The number of hydrogen-bond acceptors (Lipinski definition) is 3. The van der Waals surface area contributed by atoms with Gasteiger partial charge in [-0.15, -0.1) is 0 Å². The average molecular weight is 489 g/mol. The molecule has 3 aromatic rings. The number of aryl methyl sites for hydroxylation is 3. The van der Waals surface area contributed by atoms with Crippen LogP contribution in [0.25, 0.3) is 0 Å². The van der Waals surface area contributed by atoms with Crippen molar-refractivity contribution in [1.82, 2.24) is 4.31 Å². The molecule has 0 fully saturated rings. The molecule has 0 aliphatic heterocycles. The van der Waals surface area contributed by atoms with E-state index in [1.165, 1.54) is 30.3 Å². The van der Waals surface area contributed by atoms with Crippen molar-refractivity contribution in [2.24, 2.45) is 0 Å². The van der Waals surface area contributed by atoms with Crippen LogP contribution in [0.4, 0.5) is 10.1 Å². The first-order chi connectivity index (χ1) is 15.6.